The van der Waals surface area contributed by atoms with Crippen molar-refractivity contribution in [2.24, 2.45) is 0 Å². The fraction of sp³-hybridized carbons (Fsp3) is 0.417. The van der Waals surface area contributed by atoms with E-state index in [1.54, 1.807) is 0 Å². The maximum absolute atomic E-state index is 13.6. The van der Waals surface area contributed by atoms with E-state index in [-0.39, 0.29) is 18.4 Å². The Hall–Kier alpha value is -1.49. The molecule has 1 atom stereocenters. The Morgan fingerprint density at radius 3 is 2.65 bits per heavy atom. The van der Waals surface area contributed by atoms with Crippen molar-refractivity contribution in [2.45, 2.75) is 24.9 Å². The maximum Gasteiger partial charge on any atom is 0.303 e. The first-order valence-electron chi connectivity index (χ1n) is 5.35. The maximum atomic E-state index is 13.6. The van der Waals surface area contributed by atoms with Gasteiger partial charge in [0.1, 0.15) is 11.6 Å². The first kappa shape index (κ1) is 12.0. The van der Waals surface area contributed by atoms with E-state index in [1.165, 1.54) is 6.07 Å². The monoisotopic (exact) mass is 242 g/mol. The Morgan fingerprint density at radius 2 is 2.18 bits per heavy atom. The molecule has 1 heterocycles. The van der Waals surface area contributed by atoms with Crippen molar-refractivity contribution in [3.63, 3.8) is 0 Å². The van der Waals surface area contributed by atoms with Gasteiger partial charge in [-0.05, 0) is 12.5 Å². The lowest BCUT2D eigenvalue weighted by atomic mass is 9.82. The number of rotatable bonds is 4. The molecule has 1 N–H and O–H groups in total. The van der Waals surface area contributed by atoms with Crippen LogP contribution in [0.3, 0.4) is 0 Å². The molecule has 1 aromatic rings. The number of halogens is 2. The molecule has 0 saturated carbocycles. The number of benzene rings is 1. The lowest BCUT2D eigenvalue weighted by Gasteiger charge is -2.42. The summed E-state index contributed by atoms with van der Waals surface area (Å²) in [6, 6.07) is 3.27. The molecule has 1 aromatic carbocycles. The second kappa shape index (κ2) is 4.41. The summed E-state index contributed by atoms with van der Waals surface area (Å²) in [5.74, 6) is -2.29. The Kier molecular flexibility index (Phi) is 3.11. The number of carboxylic acid groups (broad SMARTS) is 1. The molecule has 1 fully saturated rings. The van der Waals surface area contributed by atoms with Crippen LogP contribution < -0.4 is 0 Å². The minimum Gasteiger partial charge on any atom is -0.481 e. The van der Waals surface area contributed by atoms with Gasteiger partial charge in [0.05, 0.1) is 12.2 Å². The molecule has 1 unspecified atom stereocenters. The molecule has 0 aliphatic carbocycles. The molecule has 92 valence electrons. The summed E-state index contributed by atoms with van der Waals surface area (Å²) in [4.78, 5) is 10.5. The summed E-state index contributed by atoms with van der Waals surface area (Å²) in [6.45, 7) is 0.469. The molecule has 5 heteroatoms. The van der Waals surface area contributed by atoms with Crippen LogP contribution in [0.1, 0.15) is 24.8 Å². The van der Waals surface area contributed by atoms with Crippen molar-refractivity contribution in [3.8, 4) is 0 Å². The number of hydrogen-bond acceptors (Lipinski definition) is 2. The van der Waals surface area contributed by atoms with E-state index >= 15 is 0 Å². The summed E-state index contributed by atoms with van der Waals surface area (Å²) in [6.07, 6.45) is 0.657. The molecular weight excluding hydrogens is 230 g/mol. The van der Waals surface area contributed by atoms with Crippen LogP contribution in [0.5, 0.6) is 0 Å². The average Bonchev–Trinajstić information content (AvgIpc) is 2.18. The third-order valence-corrected chi connectivity index (χ3v) is 3.05. The summed E-state index contributed by atoms with van der Waals surface area (Å²) >= 11 is 0. The van der Waals surface area contributed by atoms with E-state index in [1.807, 2.05) is 0 Å². The van der Waals surface area contributed by atoms with Crippen LogP contribution in [-0.2, 0) is 15.1 Å². The summed E-state index contributed by atoms with van der Waals surface area (Å²) in [5.41, 5.74) is -0.651. The Morgan fingerprint density at radius 1 is 1.47 bits per heavy atom. The molecule has 17 heavy (non-hydrogen) atoms. The largest absolute Gasteiger partial charge is 0.481 e. The topological polar surface area (TPSA) is 46.5 Å². The van der Waals surface area contributed by atoms with Gasteiger partial charge in [0, 0.05) is 24.5 Å². The van der Waals surface area contributed by atoms with Crippen molar-refractivity contribution in [1.29, 1.82) is 0 Å². The molecule has 3 nitrogen and oxygen atoms in total. The van der Waals surface area contributed by atoms with Crippen LogP contribution in [0.4, 0.5) is 8.78 Å². The summed E-state index contributed by atoms with van der Waals surface area (Å²) in [7, 11) is 0. The SMILES string of the molecule is O=C(O)CCC1(c2ccc(F)cc2F)CCO1. The zero-order chi connectivity index (χ0) is 12.5. The quantitative estimate of drug-likeness (QED) is 0.882. The number of aliphatic carboxylic acids is 1. The predicted octanol–water partition coefficient (Wildman–Crippen LogP) is 2.45. The number of carbonyl (C=O) groups is 1. The lowest BCUT2D eigenvalue weighted by Crippen LogP contribution is -2.42. The minimum absolute atomic E-state index is 0.100. The van der Waals surface area contributed by atoms with Gasteiger partial charge in [0.25, 0.3) is 0 Å². The highest BCUT2D eigenvalue weighted by atomic mass is 19.1. The van der Waals surface area contributed by atoms with Gasteiger partial charge in [-0.15, -0.1) is 0 Å². The summed E-state index contributed by atoms with van der Waals surface area (Å²) < 4.78 is 31.8. The van der Waals surface area contributed by atoms with E-state index in [0.717, 1.165) is 12.1 Å². The van der Waals surface area contributed by atoms with Gasteiger partial charge < -0.3 is 9.84 Å². The van der Waals surface area contributed by atoms with Gasteiger partial charge in [0.15, 0.2) is 0 Å². The van der Waals surface area contributed by atoms with Gasteiger partial charge in [-0.2, -0.15) is 0 Å². The third kappa shape index (κ3) is 2.29. The molecule has 0 amide bonds. The third-order valence-electron chi connectivity index (χ3n) is 3.05. The Bertz CT molecular complexity index is 441. The first-order chi connectivity index (χ1) is 8.03. The number of carboxylic acids is 1. The van der Waals surface area contributed by atoms with Crippen LogP contribution >= 0.6 is 0 Å². The zero-order valence-electron chi connectivity index (χ0n) is 9.08. The Labute approximate surface area is 97.0 Å². The van der Waals surface area contributed by atoms with Crippen molar-refractivity contribution in [2.75, 3.05) is 6.61 Å². The number of ether oxygens (including phenoxy) is 1. The fourth-order valence-corrected chi connectivity index (χ4v) is 2.06. The van der Waals surface area contributed by atoms with Crippen molar-refractivity contribution < 1.29 is 23.4 Å². The van der Waals surface area contributed by atoms with Crippen LogP contribution in [0, 0.1) is 11.6 Å². The van der Waals surface area contributed by atoms with Crippen molar-refractivity contribution >= 4 is 5.97 Å². The van der Waals surface area contributed by atoms with Crippen LogP contribution in [0.25, 0.3) is 0 Å². The fourth-order valence-electron chi connectivity index (χ4n) is 2.06. The summed E-state index contributed by atoms with van der Waals surface area (Å²) in [5, 5.41) is 8.65. The molecule has 1 aliphatic rings. The zero-order valence-corrected chi connectivity index (χ0v) is 9.08. The number of hydrogen-bond donors (Lipinski definition) is 1. The highest BCUT2D eigenvalue weighted by molar-refractivity contribution is 5.66. The van der Waals surface area contributed by atoms with E-state index in [9.17, 15) is 13.6 Å². The van der Waals surface area contributed by atoms with Crippen molar-refractivity contribution in [1.82, 2.24) is 0 Å². The molecule has 1 aliphatic heterocycles. The van der Waals surface area contributed by atoms with Crippen LogP contribution in [0.2, 0.25) is 0 Å². The molecule has 0 bridgehead atoms. The molecule has 0 radical (unpaired) electrons. The minimum atomic E-state index is -0.956. The Balaban J connectivity index is 2.25. The van der Waals surface area contributed by atoms with E-state index in [2.05, 4.69) is 0 Å². The second-order valence-electron chi connectivity index (χ2n) is 4.11. The molecule has 0 aromatic heterocycles. The molecule has 0 spiro atoms. The first-order valence-corrected chi connectivity index (χ1v) is 5.35. The van der Waals surface area contributed by atoms with E-state index in [0.29, 0.717) is 13.0 Å². The highest BCUT2D eigenvalue weighted by Crippen LogP contribution is 2.42. The van der Waals surface area contributed by atoms with Gasteiger partial charge in [-0.3, -0.25) is 4.79 Å². The van der Waals surface area contributed by atoms with Gasteiger partial charge in [0.2, 0.25) is 0 Å². The van der Waals surface area contributed by atoms with Gasteiger partial charge in [-0.25, -0.2) is 8.78 Å². The molecule has 2 rings (SSSR count). The predicted molar refractivity (Wildman–Crippen MR) is 55.5 cm³/mol. The normalized spacial score (nSPS) is 23.2. The van der Waals surface area contributed by atoms with Gasteiger partial charge in [-0.1, -0.05) is 6.07 Å². The smallest absolute Gasteiger partial charge is 0.303 e. The van der Waals surface area contributed by atoms with Crippen LogP contribution in [0.15, 0.2) is 18.2 Å². The highest BCUT2D eigenvalue weighted by Gasteiger charge is 2.42. The van der Waals surface area contributed by atoms with Gasteiger partial charge >= 0.3 is 5.97 Å². The molecular formula is C12H12F2O3. The van der Waals surface area contributed by atoms with Crippen LogP contribution in [-0.4, -0.2) is 17.7 Å². The van der Waals surface area contributed by atoms with E-state index in [4.69, 9.17) is 9.84 Å². The molecule has 1 saturated heterocycles. The second-order valence-corrected chi connectivity index (χ2v) is 4.11. The lowest BCUT2D eigenvalue weighted by molar-refractivity contribution is -0.167. The van der Waals surface area contributed by atoms with E-state index < -0.39 is 23.2 Å². The average molecular weight is 242 g/mol. The van der Waals surface area contributed by atoms with Crippen molar-refractivity contribution in [3.05, 3.63) is 35.4 Å². The standard InChI is InChI=1S/C12H12F2O3/c13-8-1-2-9(10(14)7-8)12(5-6-17-12)4-3-11(15)16/h1-2,7H,3-6H2,(H,15,16).